The van der Waals surface area contributed by atoms with Crippen molar-refractivity contribution in [2.24, 2.45) is 0 Å². The Balaban J connectivity index is 1.57. The smallest absolute Gasteiger partial charge is 0.244 e. The van der Waals surface area contributed by atoms with Crippen molar-refractivity contribution in [3.05, 3.63) is 59.7 Å². The molecular formula is C20H22N4O3S. The van der Waals surface area contributed by atoms with E-state index in [-0.39, 0.29) is 36.0 Å². The molecule has 1 fully saturated rings. The molecule has 0 aromatic heterocycles. The number of carbonyl (C=O) groups excluding carboxylic acids is 1. The third kappa shape index (κ3) is 4.57. The van der Waals surface area contributed by atoms with Crippen LogP contribution < -0.4 is 5.32 Å². The number of amides is 1. The number of carbonyl (C=O) groups is 1. The lowest BCUT2D eigenvalue weighted by atomic mass is 10.2. The quantitative estimate of drug-likeness (QED) is 0.829. The molecule has 3 rings (SSSR count). The van der Waals surface area contributed by atoms with E-state index in [0.717, 1.165) is 11.3 Å². The summed E-state index contributed by atoms with van der Waals surface area (Å²) in [5.41, 5.74) is 2.00. The molecular weight excluding hydrogens is 376 g/mol. The maximum absolute atomic E-state index is 12.8. The van der Waals surface area contributed by atoms with Gasteiger partial charge >= 0.3 is 0 Å². The van der Waals surface area contributed by atoms with Crippen molar-refractivity contribution >= 4 is 21.6 Å². The van der Waals surface area contributed by atoms with Crippen LogP contribution in [0.2, 0.25) is 0 Å². The van der Waals surface area contributed by atoms with Crippen molar-refractivity contribution in [1.82, 2.24) is 9.21 Å². The van der Waals surface area contributed by atoms with Gasteiger partial charge in [0.1, 0.15) is 6.07 Å². The molecule has 28 heavy (non-hydrogen) atoms. The van der Waals surface area contributed by atoms with Crippen molar-refractivity contribution in [3.8, 4) is 6.07 Å². The zero-order valence-electron chi connectivity index (χ0n) is 15.6. The van der Waals surface area contributed by atoms with Gasteiger partial charge in [-0.05, 0) is 31.2 Å². The van der Waals surface area contributed by atoms with Crippen LogP contribution in [-0.2, 0) is 14.8 Å². The van der Waals surface area contributed by atoms with Crippen molar-refractivity contribution in [2.75, 3.05) is 38.0 Å². The number of nitrogens with zero attached hydrogens (tertiary/aromatic N) is 3. The Bertz CT molecular complexity index is 989. The predicted octanol–water partition coefficient (Wildman–Crippen LogP) is 1.81. The van der Waals surface area contributed by atoms with E-state index in [0.29, 0.717) is 13.1 Å². The lowest BCUT2D eigenvalue weighted by molar-refractivity contribution is -0.117. The molecule has 8 heteroatoms. The molecule has 1 N–H and O–H groups in total. The fourth-order valence-electron chi connectivity index (χ4n) is 3.09. The molecule has 1 aliphatic rings. The van der Waals surface area contributed by atoms with E-state index >= 15 is 0 Å². The van der Waals surface area contributed by atoms with Crippen LogP contribution in [0.1, 0.15) is 11.1 Å². The van der Waals surface area contributed by atoms with Gasteiger partial charge in [-0.2, -0.15) is 9.57 Å². The largest absolute Gasteiger partial charge is 0.325 e. The van der Waals surface area contributed by atoms with E-state index in [1.807, 2.05) is 42.2 Å². The number of anilines is 1. The van der Waals surface area contributed by atoms with Crippen molar-refractivity contribution in [2.45, 2.75) is 11.8 Å². The van der Waals surface area contributed by atoms with Crippen LogP contribution in [0.25, 0.3) is 0 Å². The van der Waals surface area contributed by atoms with Gasteiger partial charge in [-0.15, -0.1) is 0 Å². The molecule has 0 aliphatic carbocycles. The van der Waals surface area contributed by atoms with Gasteiger partial charge in [0.05, 0.1) is 17.0 Å². The number of hydrogen-bond acceptors (Lipinski definition) is 5. The first kappa shape index (κ1) is 20.0. The Labute approximate surface area is 165 Å². The van der Waals surface area contributed by atoms with Crippen LogP contribution >= 0.6 is 0 Å². The first-order valence-electron chi connectivity index (χ1n) is 8.98. The summed E-state index contributed by atoms with van der Waals surface area (Å²) in [4.78, 5) is 14.2. The second-order valence-electron chi connectivity index (χ2n) is 6.70. The van der Waals surface area contributed by atoms with Gasteiger partial charge in [0, 0.05) is 31.9 Å². The maximum Gasteiger partial charge on any atom is 0.244 e. The molecule has 2 aromatic rings. The highest BCUT2D eigenvalue weighted by Crippen LogP contribution is 2.21. The molecule has 0 atom stereocenters. The molecule has 0 unspecified atom stereocenters. The van der Waals surface area contributed by atoms with Gasteiger partial charge in [0.15, 0.2) is 0 Å². The molecule has 0 bridgehead atoms. The Hall–Kier alpha value is -2.73. The van der Waals surface area contributed by atoms with Crippen molar-refractivity contribution in [1.29, 1.82) is 5.26 Å². The second-order valence-corrected chi connectivity index (χ2v) is 8.61. The molecule has 1 amide bonds. The number of rotatable bonds is 5. The van der Waals surface area contributed by atoms with Crippen LogP contribution in [-0.4, -0.2) is 56.3 Å². The van der Waals surface area contributed by atoms with Crippen LogP contribution in [0.15, 0.2) is 53.4 Å². The molecule has 0 spiro atoms. The number of nitrogens with one attached hydrogen (secondary N) is 1. The average molecular weight is 398 g/mol. The lowest BCUT2D eigenvalue weighted by Crippen LogP contribution is -2.50. The van der Waals surface area contributed by atoms with Crippen LogP contribution in [0.4, 0.5) is 5.69 Å². The van der Waals surface area contributed by atoms with Gasteiger partial charge in [0.25, 0.3) is 0 Å². The molecule has 0 radical (unpaired) electrons. The van der Waals surface area contributed by atoms with Gasteiger partial charge in [-0.3, -0.25) is 9.69 Å². The van der Waals surface area contributed by atoms with Crippen molar-refractivity contribution < 1.29 is 13.2 Å². The third-order valence-corrected chi connectivity index (χ3v) is 6.62. The zero-order chi connectivity index (χ0) is 20.1. The van der Waals surface area contributed by atoms with Gasteiger partial charge in [-0.1, -0.05) is 29.8 Å². The summed E-state index contributed by atoms with van der Waals surface area (Å²) < 4.78 is 27.1. The minimum atomic E-state index is -3.73. The molecule has 2 aromatic carbocycles. The highest BCUT2D eigenvalue weighted by atomic mass is 32.2. The van der Waals surface area contributed by atoms with Gasteiger partial charge in [0.2, 0.25) is 15.9 Å². The van der Waals surface area contributed by atoms with E-state index < -0.39 is 10.0 Å². The summed E-state index contributed by atoms with van der Waals surface area (Å²) in [6.45, 7) is 3.65. The van der Waals surface area contributed by atoms with E-state index in [4.69, 9.17) is 0 Å². The van der Waals surface area contributed by atoms with E-state index in [1.165, 1.54) is 16.4 Å². The fraction of sp³-hybridized carbons (Fsp3) is 0.300. The summed E-state index contributed by atoms with van der Waals surface area (Å²) in [6.07, 6.45) is 0. The van der Waals surface area contributed by atoms with E-state index in [2.05, 4.69) is 5.32 Å². The first-order valence-corrected chi connectivity index (χ1v) is 10.4. The van der Waals surface area contributed by atoms with Gasteiger partial charge < -0.3 is 5.32 Å². The summed E-state index contributed by atoms with van der Waals surface area (Å²) in [5, 5.41) is 12.0. The zero-order valence-corrected chi connectivity index (χ0v) is 16.4. The molecule has 1 aliphatic heterocycles. The van der Waals surface area contributed by atoms with Crippen LogP contribution in [0, 0.1) is 18.3 Å². The fourth-order valence-corrected chi connectivity index (χ4v) is 4.66. The number of nitriles is 1. The molecule has 0 saturated carbocycles. The SMILES string of the molecule is Cc1ccc(NC(=O)CN2CCN(S(=O)(=O)c3ccccc3C#N)CC2)cc1. The van der Waals surface area contributed by atoms with Gasteiger partial charge in [-0.25, -0.2) is 8.42 Å². The lowest BCUT2D eigenvalue weighted by Gasteiger charge is -2.33. The van der Waals surface area contributed by atoms with Crippen LogP contribution in [0.3, 0.4) is 0 Å². The monoisotopic (exact) mass is 398 g/mol. The maximum atomic E-state index is 12.8. The standard InChI is InChI=1S/C20H22N4O3S/c1-16-6-8-18(9-7-16)22-20(25)15-23-10-12-24(13-11-23)28(26,27)19-5-3-2-4-17(19)14-21/h2-9H,10-13,15H2,1H3,(H,22,25). The predicted molar refractivity (Wildman–Crippen MR) is 106 cm³/mol. The molecule has 1 heterocycles. The van der Waals surface area contributed by atoms with Crippen molar-refractivity contribution in [3.63, 3.8) is 0 Å². The number of piperazine rings is 1. The topological polar surface area (TPSA) is 93.5 Å². The number of hydrogen-bond donors (Lipinski definition) is 1. The Morgan fingerprint density at radius 2 is 1.71 bits per heavy atom. The number of sulfonamides is 1. The number of aryl methyl sites for hydroxylation is 1. The Morgan fingerprint density at radius 3 is 2.36 bits per heavy atom. The summed E-state index contributed by atoms with van der Waals surface area (Å²) in [5.74, 6) is -0.130. The minimum Gasteiger partial charge on any atom is -0.325 e. The summed E-state index contributed by atoms with van der Waals surface area (Å²) in [6, 6.07) is 15.7. The Kier molecular flexibility index (Phi) is 6.09. The third-order valence-electron chi connectivity index (χ3n) is 4.66. The van der Waals surface area contributed by atoms with Crippen LogP contribution in [0.5, 0.6) is 0 Å². The molecule has 7 nitrogen and oxygen atoms in total. The summed E-state index contributed by atoms with van der Waals surface area (Å²) >= 11 is 0. The molecule has 146 valence electrons. The molecule has 1 saturated heterocycles. The highest BCUT2D eigenvalue weighted by Gasteiger charge is 2.30. The second kappa shape index (κ2) is 8.52. The normalized spacial score (nSPS) is 15.7. The minimum absolute atomic E-state index is 0.0306. The summed E-state index contributed by atoms with van der Waals surface area (Å²) in [7, 11) is -3.73. The highest BCUT2D eigenvalue weighted by molar-refractivity contribution is 7.89. The average Bonchev–Trinajstić information content (AvgIpc) is 2.70. The van der Waals surface area contributed by atoms with E-state index in [1.54, 1.807) is 12.1 Å². The first-order chi connectivity index (χ1) is 13.4. The Morgan fingerprint density at radius 1 is 1.07 bits per heavy atom. The number of benzene rings is 2. The van der Waals surface area contributed by atoms with E-state index in [9.17, 15) is 18.5 Å².